The van der Waals surface area contributed by atoms with E-state index in [2.05, 4.69) is 11.6 Å². The molecule has 2 aromatic rings. The van der Waals surface area contributed by atoms with Crippen LogP contribution in [-0.4, -0.2) is 34.8 Å². The van der Waals surface area contributed by atoms with Crippen molar-refractivity contribution in [1.82, 2.24) is 9.88 Å². The molecule has 1 atom stereocenters. The average Bonchev–Trinajstić information content (AvgIpc) is 3.34. The van der Waals surface area contributed by atoms with Crippen LogP contribution in [0.4, 0.5) is 0 Å². The van der Waals surface area contributed by atoms with Crippen molar-refractivity contribution >= 4 is 18.0 Å². The summed E-state index contributed by atoms with van der Waals surface area (Å²) in [6.07, 6.45) is 7.40. The third-order valence-corrected chi connectivity index (χ3v) is 6.20. The van der Waals surface area contributed by atoms with Crippen molar-refractivity contribution in [3.63, 3.8) is 0 Å². The van der Waals surface area contributed by atoms with E-state index >= 15 is 0 Å². The van der Waals surface area contributed by atoms with E-state index in [-0.39, 0.29) is 11.9 Å². The highest BCUT2D eigenvalue weighted by Gasteiger charge is 2.57. The van der Waals surface area contributed by atoms with Gasteiger partial charge in [0.05, 0.1) is 17.5 Å². The Hall–Kier alpha value is -2.95. The maximum absolute atomic E-state index is 13.4. The maximum atomic E-state index is 13.4. The molecule has 5 rings (SSSR count). The van der Waals surface area contributed by atoms with Gasteiger partial charge in [0, 0.05) is 30.9 Å². The number of hydrogen-bond donors (Lipinski definition) is 0. The number of benzene rings is 1. The predicted molar refractivity (Wildman–Crippen MR) is 100.0 cm³/mol. The smallest absolute Gasteiger partial charge is 0.341 e. The van der Waals surface area contributed by atoms with Gasteiger partial charge in [0.1, 0.15) is 0 Å². The van der Waals surface area contributed by atoms with Gasteiger partial charge in [-0.3, -0.25) is 9.78 Å². The van der Waals surface area contributed by atoms with Crippen molar-refractivity contribution in [2.45, 2.75) is 30.3 Å². The molecule has 0 radical (unpaired) electrons. The standard InChI is InChI=1S/C22H20N2O3/c1-2-15-3-5-16(6-4-15)21(8-9-21)20(26)24-12-10-22(14-24)18-7-11-23-13-17(18)19(25)27-22/h2-7,11,13H,1,8-10,12,14H2. The van der Waals surface area contributed by atoms with Gasteiger partial charge >= 0.3 is 5.97 Å². The number of rotatable bonds is 3. The van der Waals surface area contributed by atoms with Crippen LogP contribution in [0.5, 0.6) is 0 Å². The second-order valence-corrected chi connectivity index (χ2v) is 7.69. The largest absolute Gasteiger partial charge is 0.449 e. The van der Waals surface area contributed by atoms with Crippen LogP contribution in [0.25, 0.3) is 6.08 Å². The Morgan fingerprint density at radius 1 is 1.19 bits per heavy atom. The molecule has 1 unspecified atom stereocenters. The van der Waals surface area contributed by atoms with Gasteiger partial charge < -0.3 is 9.64 Å². The second-order valence-electron chi connectivity index (χ2n) is 7.69. The van der Waals surface area contributed by atoms with Crippen molar-refractivity contribution in [1.29, 1.82) is 0 Å². The van der Waals surface area contributed by atoms with E-state index in [1.54, 1.807) is 18.5 Å². The number of ether oxygens (including phenoxy) is 1. The van der Waals surface area contributed by atoms with Crippen molar-refractivity contribution in [3.8, 4) is 0 Å². The van der Waals surface area contributed by atoms with Gasteiger partial charge in [0.2, 0.25) is 5.91 Å². The van der Waals surface area contributed by atoms with E-state index in [9.17, 15) is 9.59 Å². The number of carbonyl (C=O) groups excluding carboxylic acids is 2. The number of amides is 1. The van der Waals surface area contributed by atoms with E-state index in [0.29, 0.717) is 25.1 Å². The molecule has 1 saturated carbocycles. The van der Waals surface area contributed by atoms with Crippen molar-refractivity contribution in [3.05, 3.63) is 71.6 Å². The molecule has 27 heavy (non-hydrogen) atoms. The first-order valence-corrected chi connectivity index (χ1v) is 9.28. The number of likely N-dealkylation sites (tertiary alicyclic amines) is 1. The third-order valence-electron chi connectivity index (χ3n) is 6.20. The van der Waals surface area contributed by atoms with Crippen molar-refractivity contribution < 1.29 is 14.3 Å². The molecule has 1 saturated heterocycles. The number of fused-ring (bicyclic) bond motifs is 2. The Labute approximate surface area is 157 Å². The van der Waals surface area contributed by atoms with Crippen molar-refractivity contribution in [2.75, 3.05) is 13.1 Å². The third kappa shape index (κ3) is 2.27. The minimum atomic E-state index is -0.714. The summed E-state index contributed by atoms with van der Waals surface area (Å²) >= 11 is 0. The van der Waals surface area contributed by atoms with Crippen molar-refractivity contribution in [2.24, 2.45) is 0 Å². The molecule has 1 aliphatic carbocycles. The maximum Gasteiger partial charge on any atom is 0.341 e. The lowest BCUT2D eigenvalue weighted by molar-refractivity contribution is -0.134. The Kier molecular flexibility index (Phi) is 3.32. The molecule has 1 aromatic heterocycles. The molecule has 2 aliphatic heterocycles. The van der Waals surface area contributed by atoms with Crippen LogP contribution in [0.2, 0.25) is 0 Å². The number of aromatic nitrogens is 1. The Balaban J connectivity index is 1.41. The first kappa shape index (κ1) is 16.2. The fourth-order valence-corrected chi connectivity index (χ4v) is 4.49. The van der Waals surface area contributed by atoms with Gasteiger partial charge in [0.15, 0.2) is 5.60 Å². The van der Waals surface area contributed by atoms with Gasteiger partial charge in [0.25, 0.3) is 0 Å². The van der Waals surface area contributed by atoms with Crippen LogP contribution in [0, 0.1) is 0 Å². The lowest BCUT2D eigenvalue weighted by Crippen LogP contribution is -2.40. The summed E-state index contributed by atoms with van der Waals surface area (Å²) in [6, 6.07) is 9.91. The molecular weight excluding hydrogens is 340 g/mol. The van der Waals surface area contributed by atoms with E-state index in [4.69, 9.17) is 4.74 Å². The molecule has 1 aromatic carbocycles. The zero-order valence-corrected chi connectivity index (χ0v) is 15.0. The Morgan fingerprint density at radius 2 is 1.96 bits per heavy atom. The lowest BCUT2D eigenvalue weighted by atomic mass is 9.92. The molecule has 5 heteroatoms. The quantitative estimate of drug-likeness (QED) is 0.790. The Morgan fingerprint density at radius 3 is 2.67 bits per heavy atom. The summed E-state index contributed by atoms with van der Waals surface area (Å²) in [4.78, 5) is 31.5. The minimum absolute atomic E-state index is 0.143. The summed E-state index contributed by atoms with van der Waals surface area (Å²) in [6.45, 7) is 4.80. The monoisotopic (exact) mass is 360 g/mol. The number of carbonyl (C=O) groups is 2. The minimum Gasteiger partial charge on any atom is -0.449 e. The first-order valence-electron chi connectivity index (χ1n) is 9.28. The molecular formula is C22H20N2O3. The van der Waals surface area contributed by atoms with Crippen LogP contribution < -0.4 is 0 Å². The van der Waals surface area contributed by atoms with Crippen LogP contribution in [-0.2, 0) is 20.5 Å². The summed E-state index contributed by atoms with van der Waals surface area (Å²) in [5.41, 5.74) is 2.35. The molecule has 1 spiro atoms. The highest BCUT2D eigenvalue weighted by atomic mass is 16.6. The summed E-state index contributed by atoms with van der Waals surface area (Å²) in [5, 5.41) is 0. The molecule has 0 N–H and O–H groups in total. The van der Waals surface area contributed by atoms with E-state index < -0.39 is 11.0 Å². The molecule has 3 aliphatic rings. The number of hydrogen-bond acceptors (Lipinski definition) is 4. The number of nitrogens with zero attached hydrogens (tertiary/aromatic N) is 2. The fourth-order valence-electron chi connectivity index (χ4n) is 4.49. The Bertz CT molecular complexity index is 962. The zero-order chi connectivity index (χ0) is 18.6. The lowest BCUT2D eigenvalue weighted by Gasteiger charge is -2.27. The second kappa shape index (κ2) is 5.52. The van der Waals surface area contributed by atoms with Gasteiger partial charge in [-0.25, -0.2) is 4.79 Å². The SMILES string of the molecule is C=Cc1ccc(C2(C(=O)N3CCC4(C3)OC(=O)c3cnccc34)CC2)cc1. The van der Waals surface area contributed by atoms with Gasteiger partial charge in [-0.2, -0.15) is 0 Å². The van der Waals surface area contributed by atoms with Gasteiger partial charge in [-0.05, 0) is 30.0 Å². The summed E-state index contributed by atoms with van der Waals surface area (Å²) < 4.78 is 5.75. The van der Waals surface area contributed by atoms with E-state index in [1.807, 2.05) is 35.2 Å². The molecule has 1 amide bonds. The number of esters is 1. The molecule has 0 bridgehead atoms. The summed E-state index contributed by atoms with van der Waals surface area (Å²) in [5.74, 6) is -0.196. The molecule has 2 fully saturated rings. The van der Waals surface area contributed by atoms with Gasteiger partial charge in [-0.15, -0.1) is 0 Å². The van der Waals surface area contributed by atoms with Crippen LogP contribution >= 0.6 is 0 Å². The fraction of sp³-hybridized carbons (Fsp3) is 0.318. The summed E-state index contributed by atoms with van der Waals surface area (Å²) in [7, 11) is 0. The van der Waals surface area contributed by atoms with E-state index in [0.717, 1.165) is 29.5 Å². The molecule has 136 valence electrons. The molecule has 3 heterocycles. The normalized spacial score (nSPS) is 24.6. The van der Waals surface area contributed by atoms with Crippen LogP contribution in [0.15, 0.2) is 49.3 Å². The molecule has 5 nitrogen and oxygen atoms in total. The van der Waals surface area contributed by atoms with Crippen LogP contribution in [0.3, 0.4) is 0 Å². The number of pyridine rings is 1. The van der Waals surface area contributed by atoms with Crippen LogP contribution in [0.1, 0.15) is 46.3 Å². The van der Waals surface area contributed by atoms with E-state index in [1.165, 1.54) is 0 Å². The topological polar surface area (TPSA) is 59.5 Å². The predicted octanol–water partition coefficient (Wildman–Crippen LogP) is 3.05. The average molecular weight is 360 g/mol. The van der Waals surface area contributed by atoms with Gasteiger partial charge in [-0.1, -0.05) is 36.9 Å². The first-order chi connectivity index (χ1) is 13.1. The zero-order valence-electron chi connectivity index (χ0n) is 15.0. The highest BCUT2D eigenvalue weighted by Crippen LogP contribution is 2.52. The highest BCUT2D eigenvalue weighted by molar-refractivity contribution is 5.95.